The molecule has 0 saturated heterocycles. The Morgan fingerprint density at radius 2 is 2.06 bits per heavy atom. The van der Waals surface area contributed by atoms with E-state index in [1.807, 2.05) is 0 Å². The molecular formula is C13H11FN2O2. The summed E-state index contributed by atoms with van der Waals surface area (Å²) in [6, 6.07) is 7.09. The van der Waals surface area contributed by atoms with Crippen LogP contribution in [-0.4, -0.2) is 10.9 Å². The lowest BCUT2D eigenvalue weighted by molar-refractivity contribution is 0.102. The van der Waals surface area contributed by atoms with Gasteiger partial charge in [-0.15, -0.1) is 0 Å². The summed E-state index contributed by atoms with van der Waals surface area (Å²) in [5, 5.41) is 2.46. The van der Waals surface area contributed by atoms with Crippen LogP contribution >= 0.6 is 0 Å². The SMILES string of the molecule is Cc1ccc(C(=O)Nc2cc[nH]c(=O)c2)c(F)c1. The molecule has 1 aromatic heterocycles. The highest BCUT2D eigenvalue weighted by Gasteiger charge is 2.11. The van der Waals surface area contributed by atoms with Gasteiger partial charge in [0.25, 0.3) is 5.91 Å². The Bertz CT molecular complexity index is 649. The van der Waals surface area contributed by atoms with Gasteiger partial charge in [-0.25, -0.2) is 4.39 Å². The van der Waals surface area contributed by atoms with Crippen molar-refractivity contribution in [3.63, 3.8) is 0 Å². The topological polar surface area (TPSA) is 62.0 Å². The van der Waals surface area contributed by atoms with Crippen molar-refractivity contribution in [3.8, 4) is 0 Å². The molecule has 0 aliphatic heterocycles. The number of halogens is 1. The minimum absolute atomic E-state index is 0.0547. The van der Waals surface area contributed by atoms with Crippen molar-refractivity contribution in [1.82, 2.24) is 4.98 Å². The molecular weight excluding hydrogens is 235 g/mol. The summed E-state index contributed by atoms with van der Waals surface area (Å²) in [7, 11) is 0. The van der Waals surface area contributed by atoms with Gasteiger partial charge >= 0.3 is 0 Å². The van der Waals surface area contributed by atoms with Crippen molar-refractivity contribution in [2.24, 2.45) is 0 Å². The zero-order valence-corrected chi connectivity index (χ0v) is 9.66. The first-order valence-corrected chi connectivity index (χ1v) is 5.32. The molecule has 0 aliphatic carbocycles. The normalized spacial score (nSPS) is 10.1. The van der Waals surface area contributed by atoms with E-state index in [1.54, 1.807) is 13.0 Å². The summed E-state index contributed by atoms with van der Waals surface area (Å²) >= 11 is 0. The van der Waals surface area contributed by atoms with Gasteiger partial charge in [0.15, 0.2) is 0 Å². The maximum atomic E-state index is 13.6. The maximum Gasteiger partial charge on any atom is 0.258 e. The molecule has 1 heterocycles. The number of anilines is 1. The van der Waals surface area contributed by atoms with Gasteiger partial charge in [0.1, 0.15) is 5.82 Å². The van der Waals surface area contributed by atoms with Gasteiger partial charge < -0.3 is 10.3 Å². The molecule has 92 valence electrons. The second-order valence-electron chi connectivity index (χ2n) is 3.88. The van der Waals surface area contributed by atoms with E-state index < -0.39 is 11.7 Å². The lowest BCUT2D eigenvalue weighted by atomic mass is 10.1. The summed E-state index contributed by atoms with van der Waals surface area (Å²) in [4.78, 5) is 25.3. The lowest BCUT2D eigenvalue weighted by Gasteiger charge is -2.06. The first-order valence-electron chi connectivity index (χ1n) is 5.32. The number of aromatic nitrogens is 1. The largest absolute Gasteiger partial charge is 0.329 e. The first-order chi connectivity index (χ1) is 8.56. The maximum absolute atomic E-state index is 13.6. The molecule has 1 aromatic carbocycles. The summed E-state index contributed by atoms with van der Waals surface area (Å²) in [5.41, 5.74) is 0.669. The number of pyridine rings is 1. The van der Waals surface area contributed by atoms with Crippen LogP contribution < -0.4 is 10.9 Å². The van der Waals surface area contributed by atoms with Gasteiger partial charge in [0, 0.05) is 18.0 Å². The molecule has 0 unspecified atom stereocenters. The van der Waals surface area contributed by atoms with Crippen molar-refractivity contribution < 1.29 is 9.18 Å². The minimum atomic E-state index is -0.586. The van der Waals surface area contributed by atoms with Crippen LogP contribution in [0.4, 0.5) is 10.1 Å². The van der Waals surface area contributed by atoms with E-state index in [2.05, 4.69) is 10.3 Å². The van der Waals surface area contributed by atoms with Gasteiger partial charge in [-0.2, -0.15) is 0 Å². The zero-order valence-electron chi connectivity index (χ0n) is 9.66. The molecule has 2 rings (SSSR count). The monoisotopic (exact) mass is 246 g/mol. The summed E-state index contributed by atoms with van der Waals surface area (Å²) < 4.78 is 13.6. The van der Waals surface area contributed by atoms with E-state index in [0.717, 1.165) is 5.56 Å². The Morgan fingerprint density at radius 1 is 1.28 bits per heavy atom. The van der Waals surface area contributed by atoms with Crippen molar-refractivity contribution in [2.45, 2.75) is 6.92 Å². The Labute approximate surface area is 102 Å². The van der Waals surface area contributed by atoms with Crippen LogP contribution in [0.2, 0.25) is 0 Å². The van der Waals surface area contributed by atoms with Crippen LogP contribution in [0.3, 0.4) is 0 Å². The molecule has 4 nitrogen and oxygen atoms in total. The Hall–Kier alpha value is -2.43. The van der Waals surface area contributed by atoms with Gasteiger partial charge in [0.2, 0.25) is 5.56 Å². The van der Waals surface area contributed by atoms with Gasteiger partial charge in [-0.3, -0.25) is 9.59 Å². The van der Waals surface area contributed by atoms with E-state index in [4.69, 9.17) is 0 Å². The Morgan fingerprint density at radius 3 is 2.72 bits per heavy atom. The van der Waals surface area contributed by atoms with E-state index in [-0.39, 0.29) is 11.1 Å². The predicted molar refractivity (Wildman–Crippen MR) is 66.2 cm³/mol. The molecule has 0 atom stereocenters. The third-order valence-corrected chi connectivity index (χ3v) is 2.40. The number of carbonyl (C=O) groups is 1. The van der Waals surface area contributed by atoms with Gasteiger partial charge in [-0.05, 0) is 30.7 Å². The molecule has 0 radical (unpaired) electrons. The van der Waals surface area contributed by atoms with Crippen LogP contribution in [-0.2, 0) is 0 Å². The summed E-state index contributed by atoms with van der Waals surface area (Å²) in [5.74, 6) is -1.17. The molecule has 0 spiro atoms. The first kappa shape index (κ1) is 12.0. The third kappa shape index (κ3) is 2.63. The van der Waals surface area contributed by atoms with Crippen LogP contribution in [0.15, 0.2) is 41.3 Å². The summed E-state index contributed by atoms with van der Waals surface area (Å²) in [6.45, 7) is 1.74. The van der Waals surface area contributed by atoms with Crippen molar-refractivity contribution in [3.05, 3.63) is 63.8 Å². The fourth-order valence-corrected chi connectivity index (χ4v) is 1.53. The molecule has 2 N–H and O–H groups in total. The third-order valence-electron chi connectivity index (χ3n) is 2.40. The average Bonchev–Trinajstić information content (AvgIpc) is 2.28. The standard InChI is InChI=1S/C13H11FN2O2/c1-8-2-3-10(11(14)6-8)13(18)16-9-4-5-15-12(17)7-9/h2-7H,1H3,(H2,15,16,17,18). The fourth-order valence-electron chi connectivity index (χ4n) is 1.53. The smallest absolute Gasteiger partial charge is 0.258 e. The number of carbonyl (C=O) groups excluding carboxylic acids is 1. The van der Waals surface area contributed by atoms with E-state index in [0.29, 0.717) is 5.69 Å². The number of aryl methyl sites for hydroxylation is 1. The quantitative estimate of drug-likeness (QED) is 0.852. The second kappa shape index (κ2) is 4.83. The number of hydrogen-bond donors (Lipinski definition) is 2. The minimum Gasteiger partial charge on any atom is -0.329 e. The number of nitrogens with one attached hydrogen (secondary N) is 2. The molecule has 0 aliphatic rings. The number of aromatic amines is 1. The number of hydrogen-bond acceptors (Lipinski definition) is 2. The number of H-pyrrole nitrogens is 1. The molecule has 1 amide bonds. The van der Waals surface area contributed by atoms with Crippen LogP contribution in [0.5, 0.6) is 0 Å². The molecule has 0 bridgehead atoms. The molecule has 0 saturated carbocycles. The van der Waals surface area contributed by atoms with Crippen molar-refractivity contribution in [2.75, 3.05) is 5.32 Å². The highest BCUT2D eigenvalue weighted by Crippen LogP contribution is 2.12. The summed E-state index contributed by atoms with van der Waals surface area (Å²) in [6.07, 6.45) is 1.41. The number of rotatable bonds is 2. The number of benzene rings is 1. The highest BCUT2D eigenvalue weighted by atomic mass is 19.1. The fraction of sp³-hybridized carbons (Fsp3) is 0.0769. The predicted octanol–water partition coefficient (Wildman–Crippen LogP) is 2.07. The van der Waals surface area contributed by atoms with Crippen LogP contribution in [0, 0.1) is 12.7 Å². The van der Waals surface area contributed by atoms with E-state index in [1.165, 1.54) is 30.5 Å². The van der Waals surface area contributed by atoms with Crippen molar-refractivity contribution >= 4 is 11.6 Å². The molecule has 18 heavy (non-hydrogen) atoms. The van der Waals surface area contributed by atoms with E-state index >= 15 is 0 Å². The van der Waals surface area contributed by atoms with Gasteiger partial charge in [0.05, 0.1) is 5.56 Å². The second-order valence-corrected chi connectivity index (χ2v) is 3.88. The molecule has 5 heteroatoms. The Kier molecular flexibility index (Phi) is 3.23. The lowest BCUT2D eigenvalue weighted by Crippen LogP contribution is -2.15. The molecule has 0 fully saturated rings. The average molecular weight is 246 g/mol. The van der Waals surface area contributed by atoms with Crippen LogP contribution in [0.25, 0.3) is 0 Å². The zero-order chi connectivity index (χ0) is 13.1. The Balaban J connectivity index is 2.25. The van der Waals surface area contributed by atoms with Crippen LogP contribution in [0.1, 0.15) is 15.9 Å². The number of amides is 1. The van der Waals surface area contributed by atoms with Gasteiger partial charge in [-0.1, -0.05) is 6.07 Å². The van der Waals surface area contributed by atoms with Crippen molar-refractivity contribution in [1.29, 1.82) is 0 Å². The molecule has 2 aromatic rings. The van der Waals surface area contributed by atoms with E-state index in [9.17, 15) is 14.0 Å². The highest BCUT2D eigenvalue weighted by molar-refractivity contribution is 6.04.